The Kier molecular flexibility index (Phi) is 4.36. The van der Waals surface area contributed by atoms with Crippen LogP contribution < -0.4 is 14.8 Å². The molecule has 1 aromatic rings. The summed E-state index contributed by atoms with van der Waals surface area (Å²) in [5, 5.41) is 3.35. The first kappa shape index (κ1) is 13.8. The highest BCUT2D eigenvalue weighted by Gasteiger charge is 2.25. The summed E-state index contributed by atoms with van der Waals surface area (Å²) < 4.78 is 10.1. The van der Waals surface area contributed by atoms with Crippen LogP contribution in [0, 0.1) is 5.92 Å². The number of anilines is 1. The number of likely N-dealkylation sites (tertiary alicyclic amines) is 1. The molecule has 7 heteroatoms. The van der Waals surface area contributed by atoms with Crippen LogP contribution in [0.2, 0.25) is 0 Å². The second kappa shape index (κ2) is 6.01. The van der Waals surface area contributed by atoms with Crippen molar-refractivity contribution in [1.82, 2.24) is 19.9 Å². The Balaban J connectivity index is 2.09. The number of methoxy groups -OCH3 is 2. The molecule has 1 aromatic heterocycles. The molecule has 1 aliphatic rings. The molecule has 0 radical (unpaired) electrons. The van der Waals surface area contributed by atoms with Crippen molar-refractivity contribution >= 4 is 5.95 Å². The lowest BCUT2D eigenvalue weighted by Crippen LogP contribution is -2.43. The fourth-order valence-corrected chi connectivity index (χ4v) is 2.32. The summed E-state index contributed by atoms with van der Waals surface area (Å²) in [7, 11) is 5.19. The number of aromatic nitrogens is 3. The van der Waals surface area contributed by atoms with Gasteiger partial charge < -0.3 is 19.7 Å². The van der Waals surface area contributed by atoms with E-state index >= 15 is 0 Å². The predicted molar refractivity (Wildman–Crippen MR) is 71.6 cm³/mol. The summed E-state index contributed by atoms with van der Waals surface area (Å²) >= 11 is 0. The first-order valence-electron chi connectivity index (χ1n) is 6.41. The standard InChI is InChI=1S/C12H21N5O2/c1-8-7-17(2)6-5-9(8)13-10-14-11(18-3)16-12(15-10)19-4/h8-9H,5-7H2,1-4H3,(H,13,14,15,16). The van der Waals surface area contributed by atoms with E-state index in [1.807, 2.05) is 0 Å². The smallest absolute Gasteiger partial charge is 0.324 e. The maximum atomic E-state index is 5.04. The van der Waals surface area contributed by atoms with Gasteiger partial charge in [0.25, 0.3) is 0 Å². The second-order valence-electron chi connectivity index (χ2n) is 4.91. The van der Waals surface area contributed by atoms with Crippen molar-refractivity contribution in [2.24, 2.45) is 5.92 Å². The molecule has 1 aliphatic heterocycles. The molecule has 2 atom stereocenters. The Bertz CT molecular complexity index is 406. The topological polar surface area (TPSA) is 72.4 Å². The van der Waals surface area contributed by atoms with Gasteiger partial charge in [0, 0.05) is 12.6 Å². The van der Waals surface area contributed by atoms with E-state index in [1.165, 1.54) is 14.2 Å². The molecule has 0 spiro atoms. The third-order valence-corrected chi connectivity index (χ3v) is 3.38. The number of rotatable bonds is 4. The minimum absolute atomic E-state index is 0.259. The van der Waals surface area contributed by atoms with Crippen molar-refractivity contribution in [2.45, 2.75) is 19.4 Å². The van der Waals surface area contributed by atoms with Crippen LogP contribution in [0.25, 0.3) is 0 Å². The van der Waals surface area contributed by atoms with Crippen molar-refractivity contribution in [3.8, 4) is 12.0 Å². The van der Waals surface area contributed by atoms with Gasteiger partial charge in [0.2, 0.25) is 5.95 Å². The molecular formula is C12H21N5O2. The summed E-state index contributed by atoms with van der Waals surface area (Å²) in [6.45, 7) is 4.36. The van der Waals surface area contributed by atoms with Crippen molar-refractivity contribution in [2.75, 3.05) is 39.7 Å². The van der Waals surface area contributed by atoms with E-state index in [2.05, 4.69) is 39.1 Å². The fraction of sp³-hybridized carbons (Fsp3) is 0.750. The lowest BCUT2D eigenvalue weighted by atomic mass is 9.94. The van der Waals surface area contributed by atoms with E-state index in [9.17, 15) is 0 Å². The number of hydrogen-bond acceptors (Lipinski definition) is 7. The SMILES string of the molecule is COc1nc(NC2CCN(C)CC2C)nc(OC)n1. The van der Waals surface area contributed by atoms with Crippen molar-refractivity contribution in [3.05, 3.63) is 0 Å². The third kappa shape index (κ3) is 3.44. The van der Waals surface area contributed by atoms with Crippen LogP contribution in [0.5, 0.6) is 12.0 Å². The number of piperidine rings is 1. The first-order chi connectivity index (χ1) is 9.12. The van der Waals surface area contributed by atoms with Gasteiger partial charge >= 0.3 is 12.0 Å². The summed E-state index contributed by atoms with van der Waals surface area (Å²) in [6, 6.07) is 0.873. The Morgan fingerprint density at radius 1 is 1.16 bits per heavy atom. The van der Waals surface area contributed by atoms with Gasteiger partial charge in [0.15, 0.2) is 0 Å². The lowest BCUT2D eigenvalue weighted by Gasteiger charge is -2.35. The summed E-state index contributed by atoms with van der Waals surface area (Å²) in [5.74, 6) is 1.04. The molecule has 0 saturated carbocycles. The molecular weight excluding hydrogens is 246 g/mol. The van der Waals surface area contributed by atoms with Crippen molar-refractivity contribution in [3.63, 3.8) is 0 Å². The molecule has 1 fully saturated rings. The van der Waals surface area contributed by atoms with E-state index in [0.717, 1.165) is 19.5 Å². The van der Waals surface area contributed by atoms with Crippen LogP contribution in [0.4, 0.5) is 5.95 Å². The second-order valence-corrected chi connectivity index (χ2v) is 4.91. The number of hydrogen-bond donors (Lipinski definition) is 1. The average molecular weight is 267 g/mol. The highest BCUT2D eigenvalue weighted by Crippen LogP contribution is 2.20. The van der Waals surface area contributed by atoms with Gasteiger partial charge in [-0.25, -0.2) is 0 Å². The Morgan fingerprint density at radius 2 is 1.79 bits per heavy atom. The zero-order valence-corrected chi connectivity index (χ0v) is 11.9. The fourth-order valence-electron chi connectivity index (χ4n) is 2.32. The molecule has 106 valence electrons. The molecule has 0 amide bonds. The van der Waals surface area contributed by atoms with Crippen LogP contribution in [-0.4, -0.2) is 60.3 Å². The van der Waals surface area contributed by atoms with Gasteiger partial charge in [-0.1, -0.05) is 6.92 Å². The third-order valence-electron chi connectivity index (χ3n) is 3.38. The molecule has 1 N–H and O–H groups in total. The van der Waals surface area contributed by atoms with Crippen LogP contribution >= 0.6 is 0 Å². The lowest BCUT2D eigenvalue weighted by molar-refractivity contribution is 0.205. The largest absolute Gasteiger partial charge is 0.467 e. The maximum Gasteiger partial charge on any atom is 0.324 e. The molecule has 7 nitrogen and oxygen atoms in total. The summed E-state index contributed by atoms with van der Waals surface area (Å²) in [5.41, 5.74) is 0. The molecule has 0 aliphatic carbocycles. The average Bonchev–Trinajstić information content (AvgIpc) is 2.41. The quantitative estimate of drug-likeness (QED) is 0.858. The van der Waals surface area contributed by atoms with Crippen LogP contribution in [0.15, 0.2) is 0 Å². The van der Waals surface area contributed by atoms with Gasteiger partial charge in [-0.15, -0.1) is 4.98 Å². The molecule has 2 unspecified atom stereocenters. The predicted octanol–water partition coefficient (Wildman–Crippen LogP) is 0.641. The molecule has 2 rings (SSSR count). The first-order valence-corrected chi connectivity index (χ1v) is 6.41. The van der Waals surface area contributed by atoms with Crippen LogP contribution in [0.1, 0.15) is 13.3 Å². The van der Waals surface area contributed by atoms with Gasteiger partial charge in [0.05, 0.1) is 14.2 Å². The van der Waals surface area contributed by atoms with E-state index in [1.54, 1.807) is 0 Å². The normalized spacial score (nSPS) is 24.0. The summed E-state index contributed by atoms with van der Waals surface area (Å²) in [4.78, 5) is 14.7. The molecule has 19 heavy (non-hydrogen) atoms. The van der Waals surface area contributed by atoms with Crippen LogP contribution in [-0.2, 0) is 0 Å². The van der Waals surface area contributed by atoms with Crippen LogP contribution in [0.3, 0.4) is 0 Å². The summed E-state index contributed by atoms with van der Waals surface area (Å²) in [6.07, 6.45) is 1.06. The minimum Gasteiger partial charge on any atom is -0.467 e. The van der Waals surface area contributed by atoms with Gasteiger partial charge in [0.1, 0.15) is 0 Å². The number of nitrogens with zero attached hydrogens (tertiary/aromatic N) is 4. The zero-order chi connectivity index (χ0) is 13.8. The highest BCUT2D eigenvalue weighted by molar-refractivity contribution is 5.29. The molecule has 0 aromatic carbocycles. The molecule has 2 heterocycles. The van der Waals surface area contributed by atoms with Crippen molar-refractivity contribution in [1.29, 1.82) is 0 Å². The van der Waals surface area contributed by atoms with E-state index in [0.29, 0.717) is 17.9 Å². The molecule has 0 bridgehead atoms. The monoisotopic (exact) mass is 267 g/mol. The Labute approximate surface area is 113 Å². The maximum absolute atomic E-state index is 5.04. The highest BCUT2D eigenvalue weighted by atomic mass is 16.5. The van der Waals surface area contributed by atoms with Gasteiger partial charge in [-0.2, -0.15) is 9.97 Å². The number of ether oxygens (including phenoxy) is 2. The van der Waals surface area contributed by atoms with Crippen molar-refractivity contribution < 1.29 is 9.47 Å². The number of nitrogens with one attached hydrogen (secondary N) is 1. The van der Waals surface area contributed by atoms with E-state index < -0.39 is 0 Å². The van der Waals surface area contributed by atoms with E-state index in [4.69, 9.17) is 9.47 Å². The zero-order valence-electron chi connectivity index (χ0n) is 11.9. The molecule has 1 saturated heterocycles. The Morgan fingerprint density at radius 3 is 2.32 bits per heavy atom. The van der Waals surface area contributed by atoms with E-state index in [-0.39, 0.29) is 12.0 Å². The Hall–Kier alpha value is -1.63. The van der Waals surface area contributed by atoms with Gasteiger partial charge in [-0.05, 0) is 25.9 Å². The van der Waals surface area contributed by atoms with Gasteiger partial charge in [-0.3, -0.25) is 0 Å². The minimum atomic E-state index is 0.259.